The van der Waals surface area contributed by atoms with E-state index in [0.717, 1.165) is 0 Å². The lowest BCUT2D eigenvalue weighted by Crippen LogP contribution is -2.45. The Morgan fingerprint density at radius 2 is 1.92 bits per heavy atom. The number of ether oxygens (including phenoxy) is 1. The molecule has 132 valence electrons. The van der Waals surface area contributed by atoms with Gasteiger partial charge < -0.3 is 20.5 Å². The fourth-order valence-corrected chi connectivity index (χ4v) is 2.94. The zero-order chi connectivity index (χ0) is 17.1. The highest BCUT2D eigenvalue weighted by molar-refractivity contribution is 5.74. The Morgan fingerprint density at radius 3 is 2.50 bits per heavy atom. The van der Waals surface area contributed by atoms with E-state index >= 15 is 0 Å². The Morgan fingerprint density at radius 1 is 1.25 bits per heavy atom. The lowest BCUT2D eigenvalue weighted by atomic mass is 10.1. The molecule has 0 bridgehead atoms. The molecule has 0 aromatic heterocycles. The minimum atomic E-state index is -2.91. The summed E-state index contributed by atoms with van der Waals surface area (Å²) in [5, 5.41) is 15.8. The minimum absolute atomic E-state index is 0.00597. The number of aliphatic hydroxyl groups is 1. The molecule has 7 heteroatoms. The molecule has 1 atom stereocenters. The molecule has 0 spiro atoms. The highest BCUT2D eigenvalue weighted by atomic mass is 19.3. The molecule has 1 unspecified atom stereocenters. The molecule has 2 saturated carbocycles. The summed E-state index contributed by atoms with van der Waals surface area (Å²) in [6, 6.07) is 5.79. The van der Waals surface area contributed by atoms with E-state index in [1.165, 1.54) is 43.9 Å². The van der Waals surface area contributed by atoms with E-state index in [2.05, 4.69) is 15.4 Å². The second kappa shape index (κ2) is 7.34. The number of urea groups is 1. The molecule has 2 fully saturated rings. The average molecular weight is 340 g/mol. The number of amides is 2. The van der Waals surface area contributed by atoms with Crippen LogP contribution in [0.4, 0.5) is 13.6 Å². The maximum absolute atomic E-state index is 12.2. The van der Waals surface area contributed by atoms with Crippen molar-refractivity contribution in [2.24, 2.45) is 11.8 Å². The van der Waals surface area contributed by atoms with Crippen LogP contribution < -0.4 is 15.4 Å². The van der Waals surface area contributed by atoms with Crippen LogP contribution in [0.2, 0.25) is 0 Å². The second-order valence-corrected chi connectivity index (χ2v) is 6.52. The number of nitrogens with one attached hydrogen (secondary N) is 2. The third-order valence-corrected chi connectivity index (χ3v) is 4.48. The first-order valence-electron chi connectivity index (χ1n) is 8.30. The van der Waals surface area contributed by atoms with E-state index in [-0.39, 0.29) is 24.4 Å². The molecule has 24 heavy (non-hydrogen) atoms. The molecule has 0 heterocycles. The normalized spacial score (nSPS) is 18.5. The topological polar surface area (TPSA) is 70.6 Å². The molecule has 0 radical (unpaired) electrons. The van der Waals surface area contributed by atoms with Crippen LogP contribution in [-0.2, 0) is 0 Å². The average Bonchev–Trinajstić information content (AvgIpc) is 3.43. The fourth-order valence-electron chi connectivity index (χ4n) is 2.94. The lowest BCUT2D eigenvalue weighted by Gasteiger charge is -2.19. The predicted octanol–water partition coefficient (Wildman–Crippen LogP) is 2.81. The molecule has 3 rings (SSSR count). The molecular weight excluding hydrogens is 318 g/mol. The van der Waals surface area contributed by atoms with E-state index in [9.17, 15) is 18.7 Å². The number of benzene rings is 1. The standard InChI is InChI=1S/C17H22F2N2O3/c18-16(19)24-13-3-1-2-12(8-13)14(22)9-20-17(23)21-15(10-4-5-10)11-6-7-11/h1-3,8,10-11,14-16,22H,4-7,9H2,(H2,20,21,23). The number of carbonyl (C=O) groups is 1. The number of hydrogen-bond donors (Lipinski definition) is 3. The highest BCUT2D eigenvalue weighted by Crippen LogP contribution is 2.44. The summed E-state index contributed by atoms with van der Waals surface area (Å²) in [5.41, 5.74) is 0.411. The molecule has 2 aliphatic carbocycles. The molecule has 1 aromatic rings. The molecule has 0 aliphatic heterocycles. The van der Waals surface area contributed by atoms with Crippen LogP contribution >= 0.6 is 0 Å². The van der Waals surface area contributed by atoms with Crippen LogP contribution in [0, 0.1) is 11.8 Å². The summed E-state index contributed by atoms with van der Waals surface area (Å²) in [4.78, 5) is 12.0. The van der Waals surface area contributed by atoms with Gasteiger partial charge in [0.05, 0.1) is 6.10 Å². The van der Waals surface area contributed by atoms with Crippen molar-refractivity contribution in [1.82, 2.24) is 10.6 Å². The van der Waals surface area contributed by atoms with Crippen LogP contribution in [0.3, 0.4) is 0 Å². The SMILES string of the molecule is O=C(NCC(O)c1cccc(OC(F)F)c1)NC(C1CC1)C1CC1. The van der Waals surface area contributed by atoms with Gasteiger partial charge in [0.25, 0.3) is 0 Å². The summed E-state index contributed by atoms with van der Waals surface area (Å²) in [6.45, 7) is -2.91. The van der Waals surface area contributed by atoms with Gasteiger partial charge in [-0.2, -0.15) is 8.78 Å². The van der Waals surface area contributed by atoms with Gasteiger partial charge in [0.2, 0.25) is 0 Å². The summed E-state index contributed by atoms with van der Waals surface area (Å²) < 4.78 is 28.7. The number of rotatable bonds is 8. The zero-order valence-electron chi connectivity index (χ0n) is 13.3. The van der Waals surface area contributed by atoms with Crippen molar-refractivity contribution in [3.05, 3.63) is 29.8 Å². The zero-order valence-corrected chi connectivity index (χ0v) is 13.3. The van der Waals surface area contributed by atoms with Crippen LogP contribution in [0.5, 0.6) is 5.75 Å². The predicted molar refractivity (Wildman–Crippen MR) is 83.8 cm³/mol. The first-order chi connectivity index (χ1) is 11.5. The van der Waals surface area contributed by atoms with Crippen LogP contribution in [0.1, 0.15) is 37.4 Å². The van der Waals surface area contributed by atoms with Gasteiger partial charge in [-0.1, -0.05) is 12.1 Å². The van der Waals surface area contributed by atoms with E-state index in [0.29, 0.717) is 17.4 Å². The fraction of sp³-hybridized carbons (Fsp3) is 0.588. The molecule has 2 aliphatic rings. The van der Waals surface area contributed by atoms with Gasteiger partial charge in [-0.3, -0.25) is 0 Å². The van der Waals surface area contributed by atoms with Crippen molar-refractivity contribution in [3.8, 4) is 5.75 Å². The number of halogens is 2. The van der Waals surface area contributed by atoms with Crippen molar-refractivity contribution in [2.45, 2.75) is 44.4 Å². The van der Waals surface area contributed by atoms with E-state index in [4.69, 9.17) is 0 Å². The Labute approximate surface area is 139 Å². The largest absolute Gasteiger partial charge is 0.435 e. The van der Waals surface area contributed by atoms with Gasteiger partial charge in [-0.05, 0) is 55.2 Å². The van der Waals surface area contributed by atoms with Crippen molar-refractivity contribution >= 4 is 6.03 Å². The van der Waals surface area contributed by atoms with Gasteiger partial charge >= 0.3 is 12.6 Å². The van der Waals surface area contributed by atoms with Crippen molar-refractivity contribution in [3.63, 3.8) is 0 Å². The van der Waals surface area contributed by atoms with E-state index < -0.39 is 12.7 Å². The minimum Gasteiger partial charge on any atom is -0.435 e. The summed E-state index contributed by atoms with van der Waals surface area (Å²) in [7, 11) is 0. The Bertz CT molecular complexity index is 565. The van der Waals surface area contributed by atoms with Crippen molar-refractivity contribution < 1.29 is 23.4 Å². The van der Waals surface area contributed by atoms with Crippen molar-refractivity contribution in [1.29, 1.82) is 0 Å². The van der Waals surface area contributed by atoms with E-state index in [1.54, 1.807) is 6.07 Å². The maximum atomic E-state index is 12.2. The smallest absolute Gasteiger partial charge is 0.387 e. The number of hydrogen-bond acceptors (Lipinski definition) is 3. The van der Waals surface area contributed by atoms with Crippen molar-refractivity contribution in [2.75, 3.05) is 6.54 Å². The van der Waals surface area contributed by atoms with E-state index in [1.807, 2.05) is 0 Å². The Kier molecular flexibility index (Phi) is 5.18. The quantitative estimate of drug-likeness (QED) is 0.681. The molecule has 3 N–H and O–H groups in total. The Balaban J connectivity index is 1.47. The molecule has 0 saturated heterocycles. The number of carbonyl (C=O) groups excluding carboxylic acids is 1. The number of alkyl halides is 2. The molecule has 5 nitrogen and oxygen atoms in total. The molecule has 1 aromatic carbocycles. The maximum Gasteiger partial charge on any atom is 0.387 e. The first kappa shape index (κ1) is 17.0. The monoisotopic (exact) mass is 340 g/mol. The molecule has 2 amide bonds. The lowest BCUT2D eigenvalue weighted by molar-refractivity contribution is -0.0499. The first-order valence-corrected chi connectivity index (χ1v) is 8.30. The third-order valence-electron chi connectivity index (χ3n) is 4.48. The van der Waals surface area contributed by atoms with Gasteiger partial charge in [0.15, 0.2) is 0 Å². The highest BCUT2D eigenvalue weighted by Gasteiger charge is 2.42. The van der Waals surface area contributed by atoms with Gasteiger partial charge in [0.1, 0.15) is 5.75 Å². The Hall–Kier alpha value is -1.89. The summed E-state index contributed by atoms with van der Waals surface area (Å²) in [5.74, 6) is 1.17. The van der Waals surface area contributed by atoms with Crippen LogP contribution in [0.25, 0.3) is 0 Å². The van der Waals surface area contributed by atoms with Gasteiger partial charge in [-0.25, -0.2) is 4.79 Å². The van der Waals surface area contributed by atoms with Crippen LogP contribution in [0.15, 0.2) is 24.3 Å². The van der Waals surface area contributed by atoms with Gasteiger partial charge in [-0.15, -0.1) is 0 Å². The summed E-state index contributed by atoms with van der Waals surface area (Å²) in [6.07, 6.45) is 3.68. The number of aliphatic hydroxyl groups excluding tert-OH is 1. The van der Waals surface area contributed by atoms with Gasteiger partial charge in [0, 0.05) is 12.6 Å². The summed E-state index contributed by atoms with van der Waals surface area (Å²) >= 11 is 0. The third kappa shape index (κ3) is 4.80. The van der Waals surface area contributed by atoms with Crippen LogP contribution in [-0.4, -0.2) is 30.3 Å². The molecular formula is C17H22F2N2O3. The second-order valence-electron chi connectivity index (χ2n) is 6.52.